The summed E-state index contributed by atoms with van der Waals surface area (Å²) in [7, 11) is 0. The Balaban J connectivity index is 1.88. The first-order valence-electron chi connectivity index (χ1n) is 8.85. The molecule has 146 valence electrons. The summed E-state index contributed by atoms with van der Waals surface area (Å²) in [5, 5.41) is 0.916. The van der Waals surface area contributed by atoms with Gasteiger partial charge in [0.2, 0.25) is 0 Å². The van der Waals surface area contributed by atoms with Gasteiger partial charge in [0.25, 0.3) is 5.56 Å². The maximum absolute atomic E-state index is 13.6. The first-order valence-corrected chi connectivity index (χ1v) is 9.22. The number of nitrogens with zero attached hydrogens (tertiary/aromatic N) is 2. The van der Waals surface area contributed by atoms with E-state index in [4.69, 9.17) is 11.6 Å². The van der Waals surface area contributed by atoms with Gasteiger partial charge in [-0.3, -0.25) is 13.9 Å². The molecule has 0 atom stereocenters. The average molecular weight is 413 g/mol. The van der Waals surface area contributed by atoms with Crippen molar-refractivity contribution in [1.82, 2.24) is 9.13 Å². The topological polar surface area (TPSA) is 44.0 Å². The second kappa shape index (κ2) is 7.64. The highest BCUT2D eigenvalue weighted by molar-refractivity contribution is 6.30. The minimum absolute atomic E-state index is 0.00254. The molecule has 0 aliphatic heterocycles. The third kappa shape index (κ3) is 3.71. The number of benzene rings is 3. The van der Waals surface area contributed by atoms with Crippen LogP contribution in [0.4, 0.5) is 8.78 Å². The highest BCUT2D eigenvalue weighted by atomic mass is 35.5. The Morgan fingerprint density at radius 3 is 2.14 bits per heavy atom. The van der Waals surface area contributed by atoms with E-state index >= 15 is 0 Å². The fourth-order valence-electron chi connectivity index (χ4n) is 3.26. The van der Waals surface area contributed by atoms with Gasteiger partial charge < -0.3 is 0 Å². The summed E-state index contributed by atoms with van der Waals surface area (Å²) in [6.07, 6.45) is 0. The van der Waals surface area contributed by atoms with Gasteiger partial charge >= 0.3 is 5.69 Å². The van der Waals surface area contributed by atoms with Crippen LogP contribution in [-0.4, -0.2) is 9.13 Å². The summed E-state index contributed by atoms with van der Waals surface area (Å²) in [4.78, 5) is 26.1. The van der Waals surface area contributed by atoms with Crippen LogP contribution in [0.25, 0.3) is 10.9 Å². The minimum Gasteiger partial charge on any atom is -0.289 e. The van der Waals surface area contributed by atoms with Crippen molar-refractivity contribution < 1.29 is 8.78 Å². The van der Waals surface area contributed by atoms with Crippen LogP contribution in [0.1, 0.15) is 11.1 Å². The zero-order valence-corrected chi connectivity index (χ0v) is 15.9. The molecular formula is C22H15ClF2N2O2. The van der Waals surface area contributed by atoms with E-state index in [0.717, 1.165) is 22.3 Å². The Morgan fingerprint density at radius 1 is 0.759 bits per heavy atom. The van der Waals surface area contributed by atoms with Crippen molar-refractivity contribution in [2.24, 2.45) is 0 Å². The number of fused-ring (bicyclic) bond motifs is 1. The van der Waals surface area contributed by atoms with E-state index in [0.29, 0.717) is 21.5 Å². The van der Waals surface area contributed by atoms with Gasteiger partial charge in [0.15, 0.2) is 11.6 Å². The smallest absolute Gasteiger partial charge is 0.289 e. The van der Waals surface area contributed by atoms with Gasteiger partial charge in [0, 0.05) is 5.02 Å². The van der Waals surface area contributed by atoms with Crippen LogP contribution < -0.4 is 11.2 Å². The molecule has 0 fully saturated rings. The number of hydrogen-bond donors (Lipinski definition) is 0. The lowest BCUT2D eigenvalue weighted by Crippen LogP contribution is -2.40. The van der Waals surface area contributed by atoms with E-state index < -0.39 is 22.9 Å². The summed E-state index contributed by atoms with van der Waals surface area (Å²) < 4.78 is 29.4. The molecule has 0 unspecified atom stereocenters. The molecule has 0 amide bonds. The summed E-state index contributed by atoms with van der Waals surface area (Å²) in [6, 6.07) is 17.0. The van der Waals surface area contributed by atoms with Gasteiger partial charge in [0.05, 0.1) is 24.0 Å². The molecule has 0 aliphatic carbocycles. The Hall–Kier alpha value is -3.25. The monoisotopic (exact) mass is 412 g/mol. The lowest BCUT2D eigenvalue weighted by atomic mass is 10.2. The molecule has 0 saturated heterocycles. The average Bonchev–Trinajstić information content (AvgIpc) is 2.72. The molecule has 29 heavy (non-hydrogen) atoms. The number of hydrogen-bond acceptors (Lipinski definition) is 2. The third-order valence-electron chi connectivity index (χ3n) is 4.71. The second-order valence-electron chi connectivity index (χ2n) is 6.65. The molecule has 3 aromatic carbocycles. The molecule has 7 heteroatoms. The Bertz CT molecular complexity index is 1330. The molecular weight excluding hydrogens is 398 g/mol. The van der Waals surface area contributed by atoms with E-state index in [2.05, 4.69) is 0 Å². The van der Waals surface area contributed by atoms with Crippen molar-refractivity contribution in [2.45, 2.75) is 13.1 Å². The third-order valence-corrected chi connectivity index (χ3v) is 4.96. The summed E-state index contributed by atoms with van der Waals surface area (Å²) in [5.41, 5.74) is 0.631. The molecule has 1 heterocycles. The van der Waals surface area contributed by atoms with Crippen molar-refractivity contribution >= 4 is 22.5 Å². The highest BCUT2D eigenvalue weighted by Crippen LogP contribution is 2.14. The van der Waals surface area contributed by atoms with Crippen molar-refractivity contribution in [3.05, 3.63) is 115 Å². The van der Waals surface area contributed by atoms with E-state index in [-0.39, 0.29) is 13.1 Å². The molecule has 0 N–H and O–H groups in total. The van der Waals surface area contributed by atoms with Crippen LogP contribution >= 0.6 is 11.6 Å². The predicted octanol–water partition coefficient (Wildman–Crippen LogP) is 4.19. The van der Waals surface area contributed by atoms with Crippen molar-refractivity contribution in [1.29, 1.82) is 0 Å². The van der Waals surface area contributed by atoms with E-state index in [1.807, 2.05) is 0 Å². The maximum Gasteiger partial charge on any atom is 0.332 e. The van der Waals surface area contributed by atoms with Crippen molar-refractivity contribution in [3.63, 3.8) is 0 Å². The molecule has 0 bridgehead atoms. The van der Waals surface area contributed by atoms with Crippen LogP contribution in [0.5, 0.6) is 0 Å². The fraction of sp³-hybridized carbons (Fsp3) is 0.0909. The van der Waals surface area contributed by atoms with Crippen LogP contribution in [0.15, 0.2) is 76.3 Å². The molecule has 4 aromatic rings. The van der Waals surface area contributed by atoms with Crippen LogP contribution in [0.3, 0.4) is 0 Å². The summed E-state index contributed by atoms with van der Waals surface area (Å²) >= 11 is 5.90. The number of aromatic nitrogens is 2. The van der Waals surface area contributed by atoms with Gasteiger partial charge in [-0.25, -0.2) is 13.6 Å². The maximum atomic E-state index is 13.6. The Labute approximate surface area is 169 Å². The number of para-hydroxylation sites is 1. The van der Waals surface area contributed by atoms with Gasteiger partial charge in [-0.2, -0.15) is 0 Å². The quantitative estimate of drug-likeness (QED) is 0.504. The van der Waals surface area contributed by atoms with Crippen molar-refractivity contribution in [2.75, 3.05) is 0 Å². The van der Waals surface area contributed by atoms with Gasteiger partial charge in [-0.05, 0) is 47.5 Å². The largest absolute Gasteiger partial charge is 0.332 e. The normalized spacial score (nSPS) is 11.1. The highest BCUT2D eigenvalue weighted by Gasteiger charge is 2.14. The zero-order chi connectivity index (χ0) is 20.5. The van der Waals surface area contributed by atoms with E-state index in [1.54, 1.807) is 48.5 Å². The van der Waals surface area contributed by atoms with Crippen LogP contribution in [0, 0.1) is 11.6 Å². The number of rotatable bonds is 4. The van der Waals surface area contributed by atoms with Gasteiger partial charge in [0.1, 0.15) is 0 Å². The fourth-order valence-corrected chi connectivity index (χ4v) is 3.38. The molecule has 4 rings (SSSR count). The van der Waals surface area contributed by atoms with Gasteiger partial charge in [-0.15, -0.1) is 0 Å². The first-order chi connectivity index (χ1) is 13.9. The van der Waals surface area contributed by atoms with E-state index in [1.165, 1.54) is 10.6 Å². The first kappa shape index (κ1) is 19.1. The molecule has 0 saturated carbocycles. The Kier molecular flexibility index (Phi) is 5.03. The number of halogens is 3. The molecule has 0 radical (unpaired) electrons. The predicted molar refractivity (Wildman–Crippen MR) is 108 cm³/mol. The molecule has 0 spiro atoms. The molecule has 1 aromatic heterocycles. The van der Waals surface area contributed by atoms with Crippen LogP contribution in [0.2, 0.25) is 5.02 Å². The van der Waals surface area contributed by atoms with Crippen molar-refractivity contribution in [3.8, 4) is 0 Å². The zero-order valence-electron chi connectivity index (χ0n) is 15.1. The summed E-state index contributed by atoms with van der Waals surface area (Å²) in [5.74, 6) is -1.95. The second-order valence-corrected chi connectivity index (χ2v) is 7.09. The minimum atomic E-state index is -0.991. The van der Waals surface area contributed by atoms with Gasteiger partial charge in [-0.1, -0.05) is 41.9 Å². The lowest BCUT2D eigenvalue weighted by molar-refractivity contribution is 0.506. The van der Waals surface area contributed by atoms with Crippen LogP contribution in [-0.2, 0) is 13.1 Å². The van der Waals surface area contributed by atoms with E-state index in [9.17, 15) is 18.4 Å². The summed E-state index contributed by atoms with van der Waals surface area (Å²) in [6.45, 7) is 0.0644. The molecule has 4 nitrogen and oxygen atoms in total. The standard InChI is InChI=1S/C22H15ClF2N2O2/c23-16-8-5-14(6-9-16)12-27-21(28)17-3-1-2-4-20(17)26(22(27)29)13-15-7-10-18(24)19(25)11-15/h1-11H,12-13H2. The Morgan fingerprint density at radius 2 is 1.41 bits per heavy atom. The lowest BCUT2D eigenvalue weighted by Gasteiger charge is -2.14. The SMILES string of the molecule is O=c1c2ccccc2n(Cc2ccc(F)c(F)c2)c(=O)n1Cc1ccc(Cl)cc1. The molecule has 0 aliphatic rings.